The summed E-state index contributed by atoms with van der Waals surface area (Å²) >= 11 is 1.42. The first-order valence-electron chi connectivity index (χ1n) is 19.4. The Morgan fingerprint density at radius 2 is 1.19 bits per heavy atom. The molecule has 0 saturated carbocycles. The van der Waals surface area contributed by atoms with E-state index in [9.17, 15) is 24.0 Å². The number of hydrogen-bond donors (Lipinski definition) is 2. The van der Waals surface area contributed by atoms with Gasteiger partial charge in [-0.25, -0.2) is 9.59 Å². The number of thioether (sulfide) groups is 1. The molecule has 1 saturated heterocycles. The Hall–Kier alpha value is -6.72. The molecule has 0 bridgehead atoms. The molecule has 0 aliphatic carbocycles. The zero-order valence-electron chi connectivity index (χ0n) is 32.1. The molecule has 10 nitrogen and oxygen atoms in total. The maximum atomic E-state index is 14.0. The summed E-state index contributed by atoms with van der Waals surface area (Å²) in [4.78, 5) is 69.6. The molecule has 298 valence electrons. The topological polar surface area (TPSA) is 131 Å². The van der Waals surface area contributed by atoms with Crippen LogP contribution in [0.4, 0.5) is 0 Å². The van der Waals surface area contributed by atoms with Crippen LogP contribution in [0.2, 0.25) is 0 Å². The number of amides is 3. The molecular formula is C48H43N3O7S. The summed E-state index contributed by atoms with van der Waals surface area (Å²) in [5, 5.41) is 5.12. The van der Waals surface area contributed by atoms with Crippen LogP contribution in [0, 0.1) is 0 Å². The summed E-state index contributed by atoms with van der Waals surface area (Å²) in [6.45, 7) is 3.88. The van der Waals surface area contributed by atoms with Crippen LogP contribution < -0.4 is 10.6 Å². The number of nitrogens with zero attached hydrogens (tertiary/aromatic N) is 1. The van der Waals surface area contributed by atoms with Crippen molar-refractivity contribution in [1.82, 2.24) is 15.5 Å². The van der Waals surface area contributed by atoms with E-state index in [1.807, 2.05) is 121 Å². The Balaban J connectivity index is 1.01. The molecule has 11 heteroatoms. The monoisotopic (exact) mass is 805 g/mol. The van der Waals surface area contributed by atoms with Crippen molar-refractivity contribution in [3.05, 3.63) is 203 Å². The highest BCUT2D eigenvalue weighted by Crippen LogP contribution is 2.42. The van der Waals surface area contributed by atoms with Crippen LogP contribution in [0.3, 0.4) is 0 Å². The molecule has 0 radical (unpaired) electrons. The maximum absolute atomic E-state index is 14.0. The van der Waals surface area contributed by atoms with Gasteiger partial charge >= 0.3 is 11.9 Å². The number of benzene rings is 5. The van der Waals surface area contributed by atoms with Crippen LogP contribution in [0.1, 0.15) is 64.1 Å². The molecule has 5 aromatic carbocycles. The maximum Gasteiger partial charge on any atom is 0.356 e. The van der Waals surface area contributed by atoms with Crippen molar-refractivity contribution in [3.8, 4) is 0 Å². The van der Waals surface area contributed by atoms with Crippen LogP contribution in [0.25, 0.3) is 0 Å². The lowest BCUT2D eigenvalue weighted by atomic mass is 10.0. The van der Waals surface area contributed by atoms with Crippen LogP contribution >= 0.6 is 11.8 Å². The molecular weight excluding hydrogens is 763 g/mol. The van der Waals surface area contributed by atoms with Gasteiger partial charge in [-0.3, -0.25) is 19.3 Å². The van der Waals surface area contributed by atoms with Gasteiger partial charge in [0.05, 0.1) is 0 Å². The average molecular weight is 806 g/mol. The molecule has 5 aromatic rings. The molecule has 2 N–H and O–H groups in total. The highest BCUT2D eigenvalue weighted by atomic mass is 32.2. The SMILES string of the molecule is C=CC1=C(C(=O)OC(c2ccccc2)c2ccccc2)N2C(=O)C(NC(=O)CCCC(NC(=O)c3ccccc3)C(=O)OC(c3ccccc3)c3ccccc3)[C@@H]2SC1. The Bertz CT molecular complexity index is 2230. The Labute approximate surface area is 347 Å². The normalized spacial score (nSPS) is 16.4. The van der Waals surface area contributed by atoms with E-state index in [1.54, 1.807) is 36.4 Å². The zero-order chi connectivity index (χ0) is 41.1. The number of allylic oxidation sites excluding steroid dienone is 1. The largest absolute Gasteiger partial charge is 0.451 e. The molecule has 3 amide bonds. The van der Waals surface area contributed by atoms with Crippen LogP contribution in [0.5, 0.6) is 0 Å². The van der Waals surface area contributed by atoms with E-state index in [1.165, 1.54) is 16.7 Å². The van der Waals surface area contributed by atoms with Gasteiger partial charge in [-0.05, 0) is 52.8 Å². The second-order valence-electron chi connectivity index (χ2n) is 14.1. The minimum absolute atomic E-state index is 0.0363. The number of carbonyl (C=O) groups excluding carboxylic acids is 5. The van der Waals surface area contributed by atoms with E-state index >= 15 is 0 Å². The van der Waals surface area contributed by atoms with Crippen LogP contribution in [-0.4, -0.2) is 57.8 Å². The van der Waals surface area contributed by atoms with Crippen molar-refractivity contribution in [2.75, 3.05) is 5.75 Å². The second kappa shape index (κ2) is 19.1. The lowest BCUT2D eigenvalue weighted by molar-refractivity contribution is -0.154. The Kier molecular flexibility index (Phi) is 13.1. The van der Waals surface area contributed by atoms with Crippen molar-refractivity contribution in [3.63, 3.8) is 0 Å². The van der Waals surface area contributed by atoms with Gasteiger partial charge in [0.25, 0.3) is 11.8 Å². The molecule has 59 heavy (non-hydrogen) atoms. The number of hydrogen-bond acceptors (Lipinski definition) is 8. The molecule has 7 rings (SSSR count). The second-order valence-corrected chi connectivity index (χ2v) is 15.2. The van der Waals surface area contributed by atoms with Gasteiger partial charge in [0.15, 0.2) is 12.2 Å². The first kappa shape index (κ1) is 40.5. The molecule has 2 heterocycles. The summed E-state index contributed by atoms with van der Waals surface area (Å²) in [7, 11) is 0. The molecule has 2 aliphatic rings. The van der Waals surface area contributed by atoms with Crippen molar-refractivity contribution in [2.24, 2.45) is 0 Å². The smallest absolute Gasteiger partial charge is 0.356 e. The Morgan fingerprint density at radius 1 is 0.712 bits per heavy atom. The number of esters is 2. The molecule has 2 aliphatic heterocycles. The van der Waals surface area contributed by atoms with E-state index in [-0.39, 0.29) is 25.0 Å². The first-order valence-corrected chi connectivity index (χ1v) is 20.4. The highest BCUT2D eigenvalue weighted by molar-refractivity contribution is 8.00. The van der Waals surface area contributed by atoms with Crippen molar-refractivity contribution < 1.29 is 33.4 Å². The van der Waals surface area contributed by atoms with E-state index in [0.29, 0.717) is 16.9 Å². The van der Waals surface area contributed by atoms with Gasteiger partial charge in [0.2, 0.25) is 5.91 Å². The molecule has 1 fully saturated rings. The van der Waals surface area contributed by atoms with Gasteiger partial charge < -0.3 is 20.1 Å². The summed E-state index contributed by atoms with van der Waals surface area (Å²) in [6.07, 6.45) is 0.359. The molecule has 0 spiro atoms. The molecule has 0 aromatic heterocycles. The van der Waals surface area contributed by atoms with Gasteiger partial charge in [-0.1, -0.05) is 152 Å². The summed E-state index contributed by atoms with van der Waals surface area (Å²) in [6, 6.07) is 44.0. The third kappa shape index (κ3) is 9.54. The standard InChI is InChI=1S/C48H43N3O7S/c1-2-32-31-59-46-40(45(54)51(46)41(32)48(56)58-43(35-23-12-5-13-24-35)36-25-14-6-15-26-36)50-39(52)30-18-29-38(49-44(53)37-27-16-7-17-28-37)47(55)57-42(33-19-8-3-9-20-33)34-21-10-4-11-22-34/h2-17,19-28,38,40,42-43,46H,1,18,29-31H2,(H,49,53)(H,50,52)/t38?,40?,46-/m0/s1. The Morgan fingerprint density at radius 3 is 1.68 bits per heavy atom. The molecule has 3 atom stereocenters. The van der Waals surface area contributed by atoms with Crippen LogP contribution in [-0.2, 0) is 28.7 Å². The van der Waals surface area contributed by atoms with Gasteiger partial charge in [0, 0.05) is 17.7 Å². The zero-order valence-corrected chi connectivity index (χ0v) is 33.0. The lowest BCUT2D eigenvalue weighted by Gasteiger charge is -2.49. The average Bonchev–Trinajstić information content (AvgIpc) is 3.29. The summed E-state index contributed by atoms with van der Waals surface area (Å²) in [5.74, 6) is -2.24. The summed E-state index contributed by atoms with van der Waals surface area (Å²) in [5.41, 5.74) is 4.11. The van der Waals surface area contributed by atoms with Gasteiger partial charge in [-0.2, -0.15) is 0 Å². The minimum atomic E-state index is -1.08. The first-order chi connectivity index (χ1) is 28.8. The van der Waals surface area contributed by atoms with Crippen molar-refractivity contribution in [1.29, 1.82) is 0 Å². The predicted octanol–water partition coefficient (Wildman–Crippen LogP) is 7.46. The number of fused-ring (bicyclic) bond motifs is 1. The van der Waals surface area contributed by atoms with E-state index in [0.717, 1.165) is 22.3 Å². The highest BCUT2D eigenvalue weighted by Gasteiger charge is 2.54. The number of carbonyl (C=O) groups is 5. The number of rotatable bonds is 16. The fourth-order valence-electron chi connectivity index (χ4n) is 7.11. The predicted molar refractivity (Wildman–Crippen MR) is 225 cm³/mol. The van der Waals surface area contributed by atoms with E-state index in [4.69, 9.17) is 9.47 Å². The van der Waals surface area contributed by atoms with E-state index < -0.39 is 59.3 Å². The fraction of sp³-hybridized carbons (Fsp3) is 0.188. The third-order valence-corrected chi connectivity index (χ3v) is 11.4. The number of nitrogens with one attached hydrogen (secondary N) is 2. The lowest BCUT2D eigenvalue weighted by Crippen LogP contribution is -2.70. The third-order valence-electron chi connectivity index (χ3n) is 10.1. The quantitative estimate of drug-likeness (QED) is 0.0777. The van der Waals surface area contributed by atoms with E-state index in [2.05, 4.69) is 17.2 Å². The van der Waals surface area contributed by atoms with Crippen LogP contribution in [0.15, 0.2) is 176 Å². The summed E-state index contributed by atoms with van der Waals surface area (Å²) < 4.78 is 12.2. The van der Waals surface area contributed by atoms with Crippen molar-refractivity contribution >= 4 is 41.4 Å². The van der Waals surface area contributed by atoms with Crippen molar-refractivity contribution in [2.45, 2.75) is 48.9 Å². The van der Waals surface area contributed by atoms with Gasteiger partial charge in [0.1, 0.15) is 23.2 Å². The number of ether oxygens (including phenoxy) is 2. The minimum Gasteiger partial charge on any atom is -0.451 e. The van der Waals surface area contributed by atoms with Gasteiger partial charge in [-0.15, -0.1) is 11.8 Å². The number of β-lactam (4-membered cyclic amide) rings is 1. The fourth-order valence-corrected chi connectivity index (χ4v) is 8.45. The molecule has 2 unspecified atom stereocenters.